The smallest absolute Gasteiger partial charge is 0.222 e. The van der Waals surface area contributed by atoms with Crippen molar-refractivity contribution in [1.29, 1.82) is 0 Å². The van der Waals surface area contributed by atoms with Gasteiger partial charge in [0.05, 0.1) is 0 Å². The summed E-state index contributed by atoms with van der Waals surface area (Å²) in [4.78, 5) is 13.5. The monoisotopic (exact) mass is 168 g/mol. The summed E-state index contributed by atoms with van der Waals surface area (Å²) in [6.07, 6.45) is 7.33. The Morgan fingerprint density at radius 2 is 2.08 bits per heavy atom. The standard InChI is InChI=1S/C10H18NO/c1-2-3-7-10(12)11-8-5-4-6-9-11/h4H,2-3,5-9H2,1H3. The first kappa shape index (κ1) is 9.56. The van der Waals surface area contributed by atoms with Crippen LogP contribution in [0.15, 0.2) is 0 Å². The molecule has 0 atom stereocenters. The van der Waals surface area contributed by atoms with E-state index in [0.717, 1.165) is 45.2 Å². The van der Waals surface area contributed by atoms with Gasteiger partial charge in [0.1, 0.15) is 0 Å². The molecule has 1 heterocycles. The van der Waals surface area contributed by atoms with E-state index in [1.54, 1.807) is 0 Å². The molecule has 1 aliphatic heterocycles. The Kier molecular flexibility index (Phi) is 4.12. The number of piperidine rings is 1. The number of hydrogen-bond donors (Lipinski definition) is 0. The van der Waals surface area contributed by atoms with Gasteiger partial charge in [-0.15, -0.1) is 0 Å². The number of likely N-dealkylation sites (tertiary alicyclic amines) is 1. The molecule has 0 aliphatic carbocycles. The minimum absolute atomic E-state index is 0.352. The van der Waals surface area contributed by atoms with Crippen LogP contribution >= 0.6 is 0 Å². The van der Waals surface area contributed by atoms with Gasteiger partial charge in [-0.2, -0.15) is 0 Å². The minimum atomic E-state index is 0.352. The summed E-state index contributed by atoms with van der Waals surface area (Å²) >= 11 is 0. The van der Waals surface area contributed by atoms with Gasteiger partial charge in [0, 0.05) is 19.5 Å². The molecule has 1 aliphatic rings. The summed E-state index contributed by atoms with van der Waals surface area (Å²) in [6.45, 7) is 4.02. The molecule has 1 saturated heterocycles. The van der Waals surface area contributed by atoms with Gasteiger partial charge in [0.2, 0.25) is 5.91 Å². The highest BCUT2D eigenvalue weighted by atomic mass is 16.2. The lowest BCUT2D eigenvalue weighted by atomic mass is 10.1. The molecule has 12 heavy (non-hydrogen) atoms. The molecule has 1 radical (unpaired) electrons. The number of unbranched alkanes of at least 4 members (excludes halogenated alkanes) is 1. The highest BCUT2D eigenvalue weighted by Gasteiger charge is 2.15. The van der Waals surface area contributed by atoms with Crippen LogP contribution in [-0.4, -0.2) is 23.9 Å². The van der Waals surface area contributed by atoms with Gasteiger partial charge in [-0.1, -0.05) is 13.3 Å². The van der Waals surface area contributed by atoms with E-state index in [2.05, 4.69) is 13.3 Å². The molecular formula is C10H18NO. The third kappa shape index (κ3) is 2.84. The van der Waals surface area contributed by atoms with Crippen LogP contribution in [0.2, 0.25) is 0 Å². The van der Waals surface area contributed by atoms with E-state index in [9.17, 15) is 4.79 Å². The van der Waals surface area contributed by atoms with Gasteiger partial charge in [0.15, 0.2) is 0 Å². The van der Waals surface area contributed by atoms with Crippen LogP contribution in [0.3, 0.4) is 0 Å². The number of carbonyl (C=O) groups is 1. The average Bonchev–Trinajstić information content (AvgIpc) is 2.15. The Morgan fingerprint density at radius 1 is 1.42 bits per heavy atom. The lowest BCUT2D eigenvalue weighted by molar-refractivity contribution is -0.131. The third-order valence-electron chi connectivity index (χ3n) is 2.30. The molecule has 0 bridgehead atoms. The number of amides is 1. The van der Waals surface area contributed by atoms with Crippen LogP contribution in [0.1, 0.15) is 39.0 Å². The van der Waals surface area contributed by atoms with Gasteiger partial charge in [0.25, 0.3) is 0 Å². The molecule has 2 nitrogen and oxygen atoms in total. The molecule has 69 valence electrons. The fraction of sp³-hybridized carbons (Fsp3) is 0.800. The van der Waals surface area contributed by atoms with E-state index in [1.807, 2.05) is 4.90 Å². The fourth-order valence-electron chi connectivity index (χ4n) is 1.49. The van der Waals surface area contributed by atoms with Gasteiger partial charge >= 0.3 is 0 Å². The zero-order valence-corrected chi connectivity index (χ0v) is 7.88. The van der Waals surface area contributed by atoms with Crippen molar-refractivity contribution < 1.29 is 4.79 Å². The molecule has 0 aromatic rings. The van der Waals surface area contributed by atoms with Crippen LogP contribution < -0.4 is 0 Å². The lowest BCUT2D eigenvalue weighted by Crippen LogP contribution is -2.35. The molecule has 0 aromatic heterocycles. The molecule has 0 spiro atoms. The predicted molar refractivity (Wildman–Crippen MR) is 49.6 cm³/mol. The number of hydrogen-bond acceptors (Lipinski definition) is 1. The summed E-state index contributed by atoms with van der Waals surface area (Å²) in [5.41, 5.74) is 0. The van der Waals surface area contributed by atoms with Crippen LogP contribution in [-0.2, 0) is 4.79 Å². The Balaban J connectivity index is 2.20. The second-order valence-corrected chi connectivity index (χ2v) is 3.35. The average molecular weight is 168 g/mol. The van der Waals surface area contributed by atoms with Gasteiger partial charge < -0.3 is 4.90 Å². The molecule has 0 unspecified atom stereocenters. The van der Waals surface area contributed by atoms with E-state index in [4.69, 9.17) is 0 Å². The van der Waals surface area contributed by atoms with Crippen molar-refractivity contribution >= 4 is 5.91 Å². The summed E-state index contributed by atoms with van der Waals surface area (Å²) in [5.74, 6) is 0.352. The molecule has 1 rings (SSSR count). The topological polar surface area (TPSA) is 20.3 Å². The first-order valence-electron chi connectivity index (χ1n) is 4.94. The maximum atomic E-state index is 11.5. The van der Waals surface area contributed by atoms with E-state index in [1.165, 1.54) is 0 Å². The number of nitrogens with zero attached hydrogens (tertiary/aromatic N) is 1. The molecule has 0 aromatic carbocycles. The van der Waals surface area contributed by atoms with Crippen molar-refractivity contribution in [2.45, 2.75) is 39.0 Å². The minimum Gasteiger partial charge on any atom is -0.343 e. The lowest BCUT2D eigenvalue weighted by Gasteiger charge is -2.26. The first-order valence-corrected chi connectivity index (χ1v) is 4.94. The zero-order chi connectivity index (χ0) is 8.81. The third-order valence-corrected chi connectivity index (χ3v) is 2.30. The van der Waals surface area contributed by atoms with Crippen LogP contribution in [0, 0.1) is 6.42 Å². The van der Waals surface area contributed by atoms with Crippen molar-refractivity contribution in [1.82, 2.24) is 4.90 Å². The Hall–Kier alpha value is -0.530. The number of carbonyl (C=O) groups excluding carboxylic acids is 1. The molecule has 2 heteroatoms. The molecule has 0 saturated carbocycles. The summed E-state index contributed by atoms with van der Waals surface area (Å²) < 4.78 is 0. The molecule has 1 amide bonds. The maximum Gasteiger partial charge on any atom is 0.222 e. The second kappa shape index (κ2) is 5.18. The zero-order valence-electron chi connectivity index (χ0n) is 7.88. The van der Waals surface area contributed by atoms with Crippen LogP contribution in [0.5, 0.6) is 0 Å². The molecule has 0 N–H and O–H groups in total. The summed E-state index contributed by atoms with van der Waals surface area (Å²) in [5, 5.41) is 0. The largest absolute Gasteiger partial charge is 0.343 e. The van der Waals surface area contributed by atoms with E-state index < -0.39 is 0 Å². The molecular weight excluding hydrogens is 150 g/mol. The van der Waals surface area contributed by atoms with Gasteiger partial charge in [-0.3, -0.25) is 4.79 Å². The van der Waals surface area contributed by atoms with Crippen LogP contribution in [0.4, 0.5) is 0 Å². The van der Waals surface area contributed by atoms with E-state index in [0.29, 0.717) is 5.91 Å². The Labute approximate surface area is 74.9 Å². The highest BCUT2D eigenvalue weighted by Crippen LogP contribution is 2.10. The summed E-state index contributed by atoms with van der Waals surface area (Å²) in [7, 11) is 0. The van der Waals surface area contributed by atoms with E-state index in [-0.39, 0.29) is 0 Å². The normalized spacial score (nSPS) is 17.9. The van der Waals surface area contributed by atoms with Crippen molar-refractivity contribution in [3.05, 3.63) is 6.42 Å². The first-order chi connectivity index (χ1) is 5.84. The summed E-state index contributed by atoms with van der Waals surface area (Å²) in [6, 6.07) is 0. The Bertz CT molecular complexity index is 139. The fourth-order valence-corrected chi connectivity index (χ4v) is 1.49. The second-order valence-electron chi connectivity index (χ2n) is 3.35. The quantitative estimate of drug-likeness (QED) is 0.631. The van der Waals surface area contributed by atoms with Crippen molar-refractivity contribution in [3.63, 3.8) is 0 Å². The molecule has 1 fully saturated rings. The van der Waals surface area contributed by atoms with Crippen molar-refractivity contribution in [2.75, 3.05) is 13.1 Å². The Morgan fingerprint density at radius 3 is 2.67 bits per heavy atom. The van der Waals surface area contributed by atoms with Crippen molar-refractivity contribution in [3.8, 4) is 0 Å². The van der Waals surface area contributed by atoms with Crippen molar-refractivity contribution in [2.24, 2.45) is 0 Å². The highest BCUT2D eigenvalue weighted by molar-refractivity contribution is 5.76. The maximum absolute atomic E-state index is 11.5. The number of rotatable bonds is 3. The SMILES string of the molecule is CCCCC(=O)N1CC[CH]CC1. The van der Waals surface area contributed by atoms with E-state index >= 15 is 0 Å². The predicted octanol–water partition coefficient (Wildman–Crippen LogP) is 2.00. The van der Waals surface area contributed by atoms with Crippen LogP contribution in [0.25, 0.3) is 0 Å². The van der Waals surface area contributed by atoms with Gasteiger partial charge in [-0.25, -0.2) is 0 Å². The van der Waals surface area contributed by atoms with Gasteiger partial charge in [-0.05, 0) is 25.7 Å².